The summed E-state index contributed by atoms with van der Waals surface area (Å²) in [6, 6.07) is 8.91. The SMILES string of the molecule is CC(NC(=O)c1cn[nH]c1-c1ccc2c(c1)OCCO2)c1ccco1. The molecule has 7 nitrogen and oxygen atoms in total. The van der Waals surface area contributed by atoms with Gasteiger partial charge in [0.15, 0.2) is 11.5 Å². The van der Waals surface area contributed by atoms with Crippen molar-refractivity contribution in [2.24, 2.45) is 0 Å². The van der Waals surface area contributed by atoms with Crippen molar-refractivity contribution >= 4 is 5.91 Å². The zero-order chi connectivity index (χ0) is 17.2. The third-order valence-corrected chi connectivity index (χ3v) is 4.03. The Morgan fingerprint density at radius 1 is 1.24 bits per heavy atom. The lowest BCUT2D eigenvalue weighted by molar-refractivity contribution is 0.0936. The highest BCUT2D eigenvalue weighted by atomic mass is 16.6. The summed E-state index contributed by atoms with van der Waals surface area (Å²) < 4.78 is 16.5. The van der Waals surface area contributed by atoms with E-state index in [-0.39, 0.29) is 11.9 Å². The van der Waals surface area contributed by atoms with E-state index >= 15 is 0 Å². The molecule has 3 aromatic rings. The molecule has 1 aliphatic rings. The van der Waals surface area contributed by atoms with Gasteiger partial charge in [0.05, 0.1) is 29.8 Å². The highest BCUT2D eigenvalue weighted by Crippen LogP contribution is 2.34. The van der Waals surface area contributed by atoms with Gasteiger partial charge in [-0.05, 0) is 37.3 Å². The molecule has 2 N–H and O–H groups in total. The highest BCUT2D eigenvalue weighted by Gasteiger charge is 2.20. The van der Waals surface area contributed by atoms with E-state index in [4.69, 9.17) is 13.9 Å². The van der Waals surface area contributed by atoms with Crippen molar-refractivity contribution in [1.29, 1.82) is 0 Å². The third-order valence-electron chi connectivity index (χ3n) is 4.03. The molecule has 3 heterocycles. The van der Waals surface area contributed by atoms with Gasteiger partial charge in [0.1, 0.15) is 19.0 Å². The van der Waals surface area contributed by atoms with Crippen LogP contribution in [0.25, 0.3) is 11.3 Å². The topological polar surface area (TPSA) is 89.4 Å². The van der Waals surface area contributed by atoms with E-state index in [9.17, 15) is 4.79 Å². The number of nitrogens with one attached hydrogen (secondary N) is 2. The fourth-order valence-corrected chi connectivity index (χ4v) is 2.76. The lowest BCUT2D eigenvalue weighted by Crippen LogP contribution is -2.26. The zero-order valence-corrected chi connectivity index (χ0v) is 13.6. The molecule has 0 bridgehead atoms. The molecule has 128 valence electrons. The minimum Gasteiger partial charge on any atom is -0.486 e. The van der Waals surface area contributed by atoms with Crippen molar-refractivity contribution in [2.75, 3.05) is 13.2 Å². The Morgan fingerprint density at radius 3 is 2.88 bits per heavy atom. The number of carbonyl (C=O) groups excluding carboxylic acids is 1. The van der Waals surface area contributed by atoms with Gasteiger partial charge in [0.2, 0.25) is 0 Å². The van der Waals surface area contributed by atoms with Crippen LogP contribution in [0.2, 0.25) is 0 Å². The molecule has 1 amide bonds. The fraction of sp³-hybridized carbons (Fsp3) is 0.222. The maximum Gasteiger partial charge on any atom is 0.255 e. The van der Waals surface area contributed by atoms with E-state index < -0.39 is 0 Å². The minimum atomic E-state index is -0.245. The molecule has 1 unspecified atom stereocenters. The molecule has 0 saturated carbocycles. The summed E-state index contributed by atoms with van der Waals surface area (Å²) in [5, 5.41) is 9.82. The standard InChI is InChI=1S/C18H17N3O4/c1-11(14-3-2-6-23-14)20-18(22)13-10-19-21-17(13)12-4-5-15-16(9-12)25-8-7-24-15/h2-6,9-11H,7-8H2,1H3,(H,19,21)(H,20,22). The number of rotatable bonds is 4. The number of ether oxygens (including phenoxy) is 2. The number of furan rings is 1. The quantitative estimate of drug-likeness (QED) is 0.763. The number of benzene rings is 1. The van der Waals surface area contributed by atoms with Gasteiger partial charge in [0.25, 0.3) is 5.91 Å². The Kier molecular flexibility index (Phi) is 3.89. The second kappa shape index (κ2) is 6.35. The summed E-state index contributed by atoms with van der Waals surface area (Å²) in [6.45, 7) is 2.91. The fourth-order valence-electron chi connectivity index (χ4n) is 2.76. The Balaban J connectivity index is 1.59. The summed E-state index contributed by atoms with van der Waals surface area (Å²) in [6.07, 6.45) is 3.09. The molecule has 1 atom stereocenters. The molecule has 4 rings (SSSR count). The minimum absolute atomic E-state index is 0.234. The van der Waals surface area contributed by atoms with Gasteiger partial charge in [0, 0.05) is 5.56 Å². The third kappa shape index (κ3) is 2.96. The molecule has 25 heavy (non-hydrogen) atoms. The monoisotopic (exact) mass is 339 g/mol. The van der Waals surface area contributed by atoms with Crippen molar-refractivity contribution in [3.8, 4) is 22.8 Å². The van der Waals surface area contributed by atoms with Crippen LogP contribution in [-0.2, 0) is 0 Å². The highest BCUT2D eigenvalue weighted by molar-refractivity contribution is 6.00. The van der Waals surface area contributed by atoms with Crippen molar-refractivity contribution in [3.05, 3.63) is 54.1 Å². The smallest absolute Gasteiger partial charge is 0.255 e. The number of carbonyl (C=O) groups is 1. The van der Waals surface area contributed by atoms with E-state index in [0.717, 1.165) is 5.56 Å². The number of H-pyrrole nitrogens is 1. The van der Waals surface area contributed by atoms with Crippen molar-refractivity contribution in [1.82, 2.24) is 15.5 Å². The van der Waals surface area contributed by atoms with Gasteiger partial charge in [-0.25, -0.2) is 0 Å². The molecule has 1 aromatic carbocycles. The second-order valence-corrected chi connectivity index (χ2v) is 5.73. The second-order valence-electron chi connectivity index (χ2n) is 5.73. The first-order valence-electron chi connectivity index (χ1n) is 8.00. The van der Waals surface area contributed by atoms with Crippen LogP contribution in [0.3, 0.4) is 0 Å². The Morgan fingerprint density at radius 2 is 2.08 bits per heavy atom. The molecule has 0 saturated heterocycles. The maximum absolute atomic E-state index is 12.6. The van der Waals surface area contributed by atoms with E-state index in [1.54, 1.807) is 12.3 Å². The van der Waals surface area contributed by atoms with Crippen LogP contribution in [-0.4, -0.2) is 29.3 Å². The molecule has 7 heteroatoms. The molecule has 2 aromatic heterocycles. The van der Waals surface area contributed by atoms with E-state index in [1.807, 2.05) is 31.2 Å². The molecular formula is C18H17N3O4. The Bertz CT molecular complexity index is 886. The van der Waals surface area contributed by atoms with Crippen LogP contribution in [0.4, 0.5) is 0 Å². The van der Waals surface area contributed by atoms with Crippen LogP contribution in [0.5, 0.6) is 11.5 Å². The maximum atomic E-state index is 12.6. The lowest BCUT2D eigenvalue weighted by atomic mass is 10.1. The van der Waals surface area contributed by atoms with E-state index in [0.29, 0.717) is 41.7 Å². The summed E-state index contributed by atoms with van der Waals surface area (Å²) in [7, 11) is 0. The van der Waals surface area contributed by atoms with Gasteiger partial charge in [-0.1, -0.05) is 0 Å². The first-order chi connectivity index (χ1) is 12.2. The Labute approximate surface area is 143 Å². The molecule has 0 radical (unpaired) electrons. The average molecular weight is 339 g/mol. The van der Waals surface area contributed by atoms with Gasteiger partial charge < -0.3 is 19.2 Å². The van der Waals surface area contributed by atoms with Crippen molar-refractivity contribution in [2.45, 2.75) is 13.0 Å². The van der Waals surface area contributed by atoms with E-state index in [2.05, 4.69) is 15.5 Å². The predicted molar refractivity (Wildman–Crippen MR) is 89.6 cm³/mol. The summed E-state index contributed by atoms with van der Waals surface area (Å²) >= 11 is 0. The van der Waals surface area contributed by atoms with Gasteiger partial charge in [-0.15, -0.1) is 0 Å². The number of hydrogen-bond acceptors (Lipinski definition) is 5. The largest absolute Gasteiger partial charge is 0.486 e. The number of aromatic amines is 1. The van der Waals surface area contributed by atoms with Crippen LogP contribution in [0.1, 0.15) is 29.1 Å². The summed E-state index contributed by atoms with van der Waals surface area (Å²) in [4.78, 5) is 12.6. The van der Waals surface area contributed by atoms with Crippen molar-refractivity contribution < 1.29 is 18.7 Å². The molecule has 0 fully saturated rings. The number of amides is 1. The number of hydrogen-bond donors (Lipinski definition) is 2. The normalized spacial score (nSPS) is 14.1. The van der Waals surface area contributed by atoms with Crippen LogP contribution < -0.4 is 14.8 Å². The van der Waals surface area contributed by atoms with Gasteiger partial charge in [-0.3, -0.25) is 9.89 Å². The number of aromatic nitrogens is 2. The molecule has 1 aliphatic heterocycles. The van der Waals surface area contributed by atoms with E-state index in [1.165, 1.54) is 6.20 Å². The Hall–Kier alpha value is -3.22. The van der Waals surface area contributed by atoms with Gasteiger partial charge >= 0.3 is 0 Å². The van der Waals surface area contributed by atoms with Crippen molar-refractivity contribution in [3.63, 3.8) is 0 Å². The first kappa shape index (κ1) is 15.3. The van der Waals surface area contributed by atoms with Crippen LogP contribution in [0.15, 0.2) is 47.2 Å². The number of fused-ring (bicyclic) bond motifs is 1. The predicted octanol–water partition coefficient (Wildman–Crippen LogP) is 2.93. The molecule has 0 aliphatic carbocycles. The average Bonchev–Trinajstić information content (AvgIpc) is 3.33. The summed E-state index contributed by atoms with van der Waals surface area (Å²) in [5.41, 5.74) is 1.88. The molecule has 0 spiro atoms. The number of nitrogens with zero attached hydrogens (tertiary/aromatic N) is 1. The van der Waals surface area contributed by atoms with Crippen LogP contribution >= 0.6 is 0 Å². The zero-order valence-electron chi connectivity index (χ0n) is 13.6. The lowest BCUT2D eigenvalue weighted by Gasteiger charge is -2.19. The summed E-state index contributed by atoms with van der Waals surface area (Å²) in [5.74, 6) is 1.82. The first-order valence-corrected chi connectivity index (χ1v) is 8.00. The molecular weight excluding hydrogens is 322 g/mol. The van der Waals surface area contributed by atoms with Crippen LogP contribution in [0, 0.1) is 0 Å². The van der Waals surface area contributed by atoms with Gasteiger partial charge in [-0.2, -0.15) is 5.10 Å².